The summed E-state index contributed by atoms with van der Waals surface area (Å²) in [6, 6.07) is 12.4. The van der Waals surface area contributed by atoms with Crippen molar-refractivity contribution in [2.24, 2.45) is 0 Å². The molecule has 2 N–H and O–H groups in total. The summed E-state index contributed by atoms with van der Waals surface area (Å²) in [6.07, 6.45) is 0.759. The van der Waals surface area contributed by atoms with E-state index >= 15 is 0 Å². The van der Waals surface area contributed by atoms with E-state index in [0.29, 0.717) is 11.6 Å². The van der Waals surface area contributed by atoms with E-state index in [1.54, 1.807) is 0 Å². The minimum absolute atomic E-state index is 0.0263. The van der Waals surface area contributed by atoms with Crippen molar-refractivity contribution in [2.45, 2.75) is 13.3 Å². The second-order valence-corrected chi connectivity index (χ2v) is 5.00. The number of carbonyl (C=O) groups excluding carboxylic acids is 1. The number of amides is 1. The summed E-state index contributed by atoms with van der Waals surface area (Å²) in [5.41, 5.74) is 2.70. The van der Waals surface area contributed by atoms with Gasteiger partial charge in [0, 0.05) is 6.54 Å². The average molecular weight is 290 g/mol. The molecule has 3 nitrogen and oxygen atoms in total. The second-order valence-electron chi connectivity index (χ2n) is 4.60. The molecular weight excluding hydrogens is 274 g/mol. The largest absolute Gasteiger partial charge is 0.508 e. The van der Waals surface area contributed by atoms with Crippen LogP contribution in [-0.4, -0.2) is 17.6 Å². The van der Waals surface area contributed by atoms with Crippen molar-refractivity contribution in [2.75, 3.05) is 6.54 Å². The maximum absolute atomic E-state index is 12.0. The third-order valence-corrected chi connectivity index (χ3v) is 3.47. The molecule has 0 radical (unpaired) electrons. The molecule has 2 rings (SSSR count). The van der Waals surface area contributed by atoms with Gasteiger partial charge in [-0.2, -0.15) is 0 Å². The van der Waals surface area contributed by atoms with Gasteiger partial charge in [-0.05, 0) is 42.7 Å². The van der Waals surface area contributed by atoms with Crippen LogP contribution in [0.4, 0.5) is 0 Å². The Morgan fingerprint density at radius 2 is 2.00 bits per heavy atom. The van der Waals surface area contributed by atoms with Crippen molar-refractivity contribution in [3.63, 3.8) is 0 Å². The van der Waals surface area contributed by atoms with Gasteiger partial charge in [0.15, 0.2) is 0 Å². The van der Waals surface area contributed by atoms with Crippen LogP contribution in [0.15, 0.2) is 42.5 Å². The quantitative estimate of drug-likeness (QED) is 0.907. The predicted octanol–water partition coefficient (Wildman–Crippen LogP) is 3.33. The standard InChI is InChI=1S/C16H16ClNO2/c1-11-4-2-3-5-12(11)8-9-18-16(20)14-10-13(19)6-7-15(14)17/h2-7,10,19H,8-9H2,1H3,(H,18,20). The maximum Gasteiger partial charge on any atom is 0.252 e. The van der Waals surface area contributed by atoms with E-state index in [2.05, 4.69) is 5.32 Å². The minimum Gasteiger partial charge on any atom is -0.508 e. The summed E-state index contributed by atoms with van der Waals surface area (Å²) in [5.74, 6) is -0.252. The number of benzene rings is 2. The highest BCUT2D eigenvalue weighted by molar-refractivity contribution is 6.33. The Bertz CT molecular complexity index is 626. The molecule has 4 heteroatoms. The van der Waals surface area contributed by atoms with Crippen LogP contribution in [0.5, 0.6) is 5.75 Å². The third-order valence-electron chi connectivity index (χ3n) is 3.14. The van der Waals surface area contributed by atoms with Gasteiger partial charge in [0.25, 0.3) is 5.91 Å². The number of phenols is 1. The smallest absolute Gasteiger partial charge is 0.252 e. The first-order valence-corrected chi connectivity index (χ1v) is 6.77. The summed E-state index contributed by atoms with van der Waals surface area (Å²) in [6.45, 7) is 2.57. The lowest BCUT2D eigenvalue weighted by Crippen LogP contribution is -2.26. The molecule has 104 valence electrons. The highest BCUT2D eigenvalue weighted by Gasteiger charge is 2.10. The van der Waals surface area contributed by atoms with Gasteiger partial charge >= 0.3 is 0 Å². The molecule has 0 unspecified atom stereocenters. The van der Waals surface area contributed by atoms with Crippen LogP contribution >= 0.6 is 11.6 Å². The first kappa shape index (κ1) is 14.4. The first-order valence-electron chi connectivity index (χ1n) is 6.39. The Balaban J connectivity index is 1.96. The lowest BCUT2D eigenvalue weighted by Gasteiger charge is -2.08. The molecule has 1 amide bonds. The predicted molar refractivity (Wildman–Crippen MR) is 80.3 cm³/mol. The van der Waals surface area contributed by atoms with Crippen LogP contribution in [-0.2, 0) is 6.42 Å². The van der Waals surface area contributed by atoms with Crippen molar-refractivity contribution >= 4 is 17.5 Å². The summed E-state index contributed by atoms with van der Waals surface area (Å²) < 4.78 is 0. The molecule has 2 aromatic rings. The monoisotopic (exact) mass is 289 g/mol. The van der Waals surface area contributed by atoms with E-state index in [-0.39, 0.29) is 17.2 Å². The second kappa shape index (κ2) is 6.44. The van der Waals surface area contributed by atoms with E-state index in [4.69, 9.17) is 11.6 Å². The molecule has 0 aliphatic carbocycles. The van der Waals surface area contributed by atoms with E-state index in [9.17, 15) is 9.90 Å². The molecule has 0 aliphatic heterocycles. The van der Waals surface area contributed by atoms with Gasteiger partial charge in [0.2, 0.25) is 0 Å². The lowest BCUT2D eigenvalue weighted by molar-refractivity contribution is 0.0954. The Hall–Kier alpha value is -2.00. The molecular formula is C16H16ClNO2. The van der Waals surface area contributed by atoms with Gasteiger partial charge in [-0.15, -0.1) is 0 Å². The van der Waals surface area contributed by atoms with E-state index in [1.165, 1.54) is 29.3 Å². The highest BCUT2D eigenvalue weighted by Crippen LogP contribution is 2.20. The van der Waals surface area contributed by atoms with Crippen LogP contribution in [0.3, 0.4) is 0 Å². The SMILES string of the molecule is Cc1ccccc1CCNC(=O)c1cc(O)ccc1Cl. The van der Waals surface area contributed by atoms with Gasteiger partial charge in [-0.3, -0.25) is 4.79 Å². The van der Waals surface area contributed by atoms with E-state index < -0.39 is 0 Å². The highest BCUT2D eigenvalue weighted by atomic mass is 35.5. The summed E-state index contributed by atoms with van der Waals surface area (Å²) >= 11 is 5.94. The molecule has 0 heterocycles. The zero-order valence-corrected chi connectivity index (χ0v) is 11.9. The van der Waals surface area contributed by atoms with Crippen molar-refractivity contribution in [3.05, 3.63) is 64.2 Å². The Morgan fingerprint density at radius 3 is 2.75 bits per heavy atom. The van der Waals surface area contributed by atoms with Crippen LogP contribution in [0.25, 0.3) is 0 Å². The van der Waals surface area contributed by atoms with Crippen molar-refractivity contribution in [1.82, 2.24) is 5.32 Å². The molecule has 2 aromatic carbocycles. The van der Waals surface area contributed by atoms with Gasteiger partial charge in [0.1, 0.15) is 5.75 Å². The van der Waals surface area contributed by atoms with Gasteiger partial charge in [-0.1, -0.05) is 35.9 Å². The lowest BCUT2D eigenvalue weighted by atomic mass is 10.1. The van der Waals surface area contributed by atoms with Gasteiger partial charge < -0.3 is 10.4 Å². The minimum atomic E-state index is -0.278. The van der Waals surface area contributed by atoms with Gasteiger partial charge in [0.05, 0.1) is 10.6 Å². The van der Waals surface area contributed by atoms with Crippen LogP contribution < -0.4 is 5.32 Å². The van der Waals surface area contributed by atoms with Gasteiger partial charge in [-0.25, -0.2) is 0 Å². The Kier molecular flexibility index (Phi) is 4.64. The van der Waals surface area contributed by atoms with Crippen LogP contribution in [0.2, 0.25) is 5.02 Å². The third kappa shape index (κ3) is 3.52. The first-order chi connectivity index (χ1) is 9.58. The number of phenolic OH excluding ortho intramolecular Hbond substituents is 1. The summed E-state index contributed by atoms with van der Waals surface area (Å²) in [7, 11) is 0. The van der Waals surface area contributed by atoms with Crippen molar-refractivity contribution in [1.29, 1.82) is 0 Å². The fourth-order valence-corrected chi connectivity index (χ4v) is 2.19. The number of rotatable bonds is 4. The Labute approximate surface area is 123 Å². The topological polar surface area (TPSA) is 49.3 Å². The molecule has 0 fully saturated rings. The molecule has 20 heavy (non-hydrogen) atoms. The van der Waals surface area contributed by atoms with E-state index in [1.807, 2.05) is 31.2 Å². The molecule has 0 atom stereocenters. The maximum atomic E-state index is 12.0. The number of carbonyl (C=O) groups is 1. The summed E-state index contributed by atoms with van der Waals surface area (Å²) in [4.78, 5) is 12.0. The zero-order valence-electron chi connectivity index (χ0n) is 11.2. The number of aryl methyl sites for hydroxylation is 1. The number of hydrogen-bond donors (Lipinski definition) is 2. The van der Waals surface area contributed by atoms with Crippen molar-refractivity contribution < 1.29 is 9.90 Å². The van der Waals surface area contributed by atoms with Crippen LogP contribution in [0, 0.1) is 6.92 Å². The molecule has 0 spiro atoms. The Morgan fingerprint density at radius 1 is 1.25 bits per heavy atom. The summed E-state index contributed by atoms with van der Waals surface area (Å²) in [5, 5.41) is 12.5. The molecule has 0 aliphatic rings. The number of nitrogens with one attached hydrogen (secondary N) is 1. The number of hydrogen-bond acceptors (Lipinski definition) is 2. The molecule has 0 aromatic heterocycles. The average Bonchev–Trinajstić information content (AvgIpc) is 2.43. The molecule has 0 saturated heterocycles. The fraction of sp³-hybridized carbons (Fsp3) is 0.188. The number of halogens is 1. The molecule has 0 bridgehead atoms. The number of aromatic hydroxyl groups is 1. The molecule has 0 saturated carbocycles. The normalized spacial score (nSPS) is 10.3. The fourth-order valence-electron chi connectivity index (χ4n) is 1.98. The van der Waals surface area contributed by atoms with Crippen LogP contribution in [0.1, 0.15) is 21.5 Å². The van der Waals surface area contributed by atoms with Crippen molar-refractivity contribution in [3.8, 4) is 5.75 Å². The van der Waals surface area contributed by atoms with E-state index in [0.717, 1.165) is 6.42 Å². The zero-order chi connectivity index (χ0) is 14.5.